The van der Waals surface area contributed by atoms with Gasteiger partial charge < -0.3 is 4.42 Å². The second-order valence-corrected chi connectivity index (χ2v) is 5.17. The highest BCUT2D eigenvalue weighted by Crippen LogP contribution is 2.23. The first kappa shape index (κ1) is 10.7. The molecule has 1 heterocycles. The van der Waals surface area contributed by atoms with E-state index in [-0.39, 0.29) is 5.09 Å². The molecule has 0 amide bonds. The summed E-state index contributed by atoms with van der Waals surface area (Å²) in [6, 6.07) is 6.85. The molecule has 1 aromatic heterocycles. The van der Waals surface area contributed by atoms with Crippen LogP contribution in [0.4, 0.5) is 0 Å². The number of halogens is 1. The van der Waals surface area contributed by atoms with Crippen LogP contribution >= 0.6 is 15.9 Å². The molecule has 2 N–H and O–H groups in total. The highest BCUT2D eigenvalue weighted by molar-refractivity contribution is 9.08. The molecule has 0 saturated carbocycles. The lowest BCUT2D eigenvalue weighted by molar-refractivity contribution is 0.482. The van der Waals surface area contributed by atoms with Crippen LogP contribution in [0.3, 0.4) is 0 Å². The van der Waals surface area contributed by atoms with Crippen molar-refractivity contribution in [2.24, 2.45) is 5.14 Å². The lowest BCUT2D eigenvalue weighted by Crippen LogP contribution is -2.10. The lowest BCUT2D eigenvalue weighted by atomic mass is 10.2. The molecule has 0 radical (unpaired) electrons. The summed E-state index contributed by atoms with van der Waals surface area (Å²) in [5, 5.41) is 6.20. The number of nitrogens with two attached hydrogens (primary N) is 1. The van der Waals surface area contributed by atoms with Crippen molar-refractivity contribution >= 4 is 36.9 Å². The van der Waals surface area contributed by atoms with Crippen LogP contribution in [0.15, 0.2) is 33.8 Å². The Morgan fingerprint density at radius 1 is 1.33 bits per heavy atom. The van der Waals surface area contributed by atoms with Crippen LogP contribution < -0.4 is 5.14 Å². The number of rotatable bonds is 2. The van der Waals surface area contributed by atoms with Crippen LogP contribution in [0.5, 0.6) is 0 Å². The van der Waals surface area contributed by atoms with Gasteiger partial charge in [0, 0.05) is 16.8 Å². The van der Waals surface area contributed by atoms with Crippen molar-refractivity contribution in [3.8, 4) is 0 Å². The molecular weight excluding hydrogens is 282 g/mol. The first-order valence-electron chi connectivity index (χ1n) is 4.12. The quantitative estimate of drug-likeness (QED) is 0.859. The second-order valence-electron chi connectivity index (χ2n) is 3.12. The van der Waals surface area contributed by atoms with Crippen LogP contribution in [0.1, 0.15) is 5.56 Å². The summed E-state index contributed by atoms with van der Waals surface area (Å²) in [7, 11) is -3.76. The van der Waals surface area contributed by atoms with Gasteiger partial charge in [0.2, 0.25) is 5.09 Å². The Labute approximate surface area is 95.2 Å². The molecule has 2 aromatic rings. The van der Waals surface area contributed by atoms with Gasteiger partial charge in [0.05, 0.1) is 0 Å². The van der Waals surface area contributed by atoms with Crippen LogP contribution in [-0.4, -0.2) is 8.42 Å². The Morgan fingerprint density at radius 3 is 2.67 bits per heavy atom. The number of furan rings is 1. The standard InChI is InChI=1S/C9H8BrNO3S/c10-5-6-1-2-8-7(3-6)4-9(14-8)15(11,12)13/h1-4H,5H2,(H2,11,12,13). The second kappa shape index (κ2) is 3.62. The fourth-order valence-corrected chi connectivity index (χ4v) is 2.14. The summed E-state index contributed by atoms with van der Waals surface area (Å²) >= 11 is 3.32. The summed E-state index contributed by atoms with van der Waals surface area (Å²) in [5.41, 5.74) is 1.56. The maximum Gasteiger partial charge on any atom is 0.271 e. The largest absolute Gasteiger partial charge is 0.443 e. The van der Waals surface area contributed by atoms with E-state index in [4.69, 9.17) is 9.56 Å². The van der Waals surface area contributed by atoms with Crippen molar-refractivity contribution in [2.45, 2.75) is 10.4 Å². The van der Waals surface area contributed by atoms with Crippen molar-refractivity contribution in [3.63, 3.8) is 0 Å². The van der Waals surface area contributed by atoms with Crippen molar-refractivity contribution in [1.29, 1.82) is 0 Å². The number of benzene rings is 1. The van der Waals surface area contributed by atoms with Crippen molar-refractivity contribution < 1.29 is 12.8 Å². The SMILES string of the molecule is NS(=O)(=O)c1cc2cc(CBr)ccc2o1. The Morgan fingerprint density at radius 2 is 2.07 bits per heavy atom. The van der Waals surface area contributed by atoms with Gasteiger partial charge in [0.25, 0.3) is 10.0 Å². The van der Waals surface area contributed by atoms with Crippen LogP contribution in [-0.2, 0) is 15.4 Å². The molecule has 0 spiro atoms. The van der Waals surface area contributed by atoms with Gasteiger partial charge in [-0.05, 0) is 17.7 Å². The normalized spacial score (nSPS) is 12.1. The number of sulfonamides is 1. The van der Waals surface area contributed by atoms with E-state index >= 15 is 0 Å². The van der Waals surface area contributed by atoms with Crippen molar-refractivity contribution in [2.75, 3.05) is 0 Å². The van der Waals surface area contributed by atoms with E-state index in [2.05, 4.69) is 15.9 Å². The van der Waals surface area contributed by atoms with Gasteiger partial charge in [-0.3, -0.25) is 0 Å². The highest BCUT2D eigenvalue weighted by Gasteiger charge is 2.14. The first-order valence-corrected chi connectivity index (χ1v) is 6.79. The molecule has 6 heteroatoms. The molecule has 4 nitrogen and oxygen atoms in total. The minimum atomic E-state index is -3.76. The summed E-state index contributed by atoms with van der Waals surface area (Å²) in [4.78, 5) is 0. The van der Waals surface area contributed by atoms with Gasteiger partial charge in [-0.15, -0.1) is 0 Å². The molecule has 1 aromatic carbocycles. The number of fused-ring (bicyclic) bond motifs is 1. The highest BCUT2D eigenvalue weighted by atomic mass is 79.9. The molecule has 80 valence electrons. The average molecular weight is 290 g/mol. The van der Waals surface area contributed by atoms with E-state index in [1.165, 1.54) is 6.07 Å². The molecule has 0 fully saturated rings. The predicted molar refractivity (Wildman–Crippen MR) is 60.2 cm³/mol. The number of alkyl halides is 1. The minimum absolute atomic E-state index is 0.204. The fourth-order valence-electron chi connectivity index (χ4n) is 1.29. The van der Waals surface area contributed by atoms with Crippen LogP contribution in [0.25, 0.3) is 11.0 Å². The maximum absolute atomic E-state index is 11.0. The molecule has 2 rings (SSSR count). The summed E-state index contributed by atoms with van der Waals surface area (Å²) in [6.07, 6.45) is 0. The molecule has 15 heavy (non-hydrogen) atoms. The van der Waals surface area contributed by atoms with Crippen LogP contribution in [0.2, 0.25) is 0 Å². The number of hydrogen-bond donors (Lipinski definition) is 1. The van der Waals surface area contributed by atoms with Crippen LogP contribution in [0, 0.1) is 0 Å². The zero-order chi connectivity index (χ0) is 11.1. The third kappa shape index (κ3) is 2.06. The summed E-state index contributed by atoms with van der Waals surface area (Å²) in [6.45, 7) is 0. The topological polar surface area (TPSA) is 73.3 Å². The number of primary sulfonamides is 1. The predicted octanol–water partition coefficient (Wildman–Crippen LogP) is 1.98. The van der Waals surface area contributed by atoms with Crippen molar-refractivity contribution in [1.82, 2.24) is 0 Å². The Hall–Kier alpha value is -0.850. The Bertz CT molecular complexity index is 603. The maximum atomic E-state index is 11.0. The summed E-state index contributed by atoms with van der Waals surface area (Å²) < 4.78 is 27.2. The smallest absolute Gasteiger partial charge is 0.271 e. The Balaban J connectivity index is 2.66. The molecule has 0 saturated heterocycles. The van der Waals surface area contributed by atoms with E-state index in [1.54, 1.807) is 6.07 Å². The summed E-state index contributed by atoms with van der Waals surface area (Å²) in [5.74, 6) is 0. The van der Waals surface area contributed by atoms with Gasteiger partial charge in [0.15, 0.2) is 0 Å². The van der Waals surface area contributed by atoms with Gasteiger partial charge >= 0.3 is 0 Å². The van der Waals surface area contributed by atoms with E-state index in [0.29, 0.717) is 10.9 Å². The average Bonchev–Trinajstić information content (AvgIpc) is 2.59. The third-order valence-corrected chi connectivity index (χ3v) is 3.40. The Kier molecular flexibility index (Phi) is 2.57. The minimum Gasteiger partial charge on any atom is -0.443 e. The van der Waals surface area contributed by atoms with Gasteiger partial charge in [-0.25, -0.2) is 13.6 Å². The third-order valence-electron chi connectivity index (χ3n) is 1.99. The first-order chi connectivity index (χ1) is 7.00. The molecule has 0 aliphatic heterocycles. The molecule has 0 bridgehead atoms. The van der Waals surface area contributed by atoms with E-state index in [1.807, 2.05) is 12.1 Å². The molecule has 0 aliphatic rings. The van der Waals surface area contributed by atoms with Gasteiger partial charge in [-0.1, -0.05) is 22.0 Å². The van der Waals surface area contributed by atoms with Gasteiger partial charge in [0.1, 0.15) is 5.58 Å². The lowest BCUT2D eigenvalue weighted by Gasteiger charge is -1.92. The molecule has 0 aliphatic carbocycles. The van der Waals surface area contributed by atoms with E-state index < -0.39 is 10.0 Å². The number of hydrogen-bond acceptors (Lipinski definition) is 3. The molecule has 0 atom stereocenters. The van der Waals surface area contributed by atoms with E-state index in [9.17, 15) is 8.42 Å². The van der Waals surface area contributed by atoms with Crippen molar-refractivity contribution in [3.05, 3.63) is 29.8 Å². The van der Waals surface area contributed by atoms with E-state index in [0.717, 1.165) is 10.9 Å². The zero-order valence-corrected chi connectivity index (χ0v) is 10.0. The molecular formula is C9H8BrNO3S. The molecule has 0 unspecified atom stereocenters. The monoisotopic (exact) mass is 289 g/mol. The fraction of sp³-hybridized carbons (Fsp3) is 0.111. The zero-order valence-electron chi connectivity index (χ0n) is 7.60. The van der Waals surface area contributed by atoms with Gasteiger partial charge in [-0.2, -0.15) is 0 Å².